The molecule has 2 amide bonds. The lowest BCUT2D eigenvalue weighted by atomic mass is 9.95. The second-order valence-corrected chi connectivity index (χ2v) is 7.10. The number of para-hydroxylation sites is 1. The maximum atomic E-state index is 13.1. The molecule has 1 aliphatic rings. The number of likely N-dealkylation sites (tertiary alicyclic amines) is 1. The molecule has 0 aromatic heterocycles. The molecule has 2 aromatic carbocycles. The molecule has 0 unspecified atom stereocenters. The van der Waals surface area contributed by atoms with E-state index >= 15 is 0 Å². The van der Waals surface area contributed by atoms with E-state index in [0.717, 1.165) is 17.7 Å². The van der Waals surface area contributed by atoms with E-state index in [1.54, 1.807) is 23.1 Å². The SMILES string of the molecule is CCc1ccccc1NC(=O)C1CCN(C(=O)c2c(OC)cccc2OC)CC1. The molecule has 0 saturated carbocycles. The molecule has 1 N–H and O–H groups in total. The first-order valence-electron chi connectivity index (χ1n) is 9.98. The number of aryl methyl sites for hydroxylation is 1. The number of carbonyl (C=O) groups excluding carboxylic acids is 2. The topological polar surface area (TPSA) is 67.9 Å². The average Bonchev–Trinajstić information content (AvgIpc) is 2.78. The number of nitrogens with one attached hydrogen (secondary N) is 1. The second-order valence-electron chi connectivity index (χ2n) is 7.10. The van der Waals surface area contributed by atoms with Crippen molar-refractivity contribution in [3.63, 3.8) is 0 Å². The van der Waals surface area contributed by atoms with Crippen LogP contribution in [0.5, 0.6) is 11.5 Å². The van der Waals surface area contributed by atoms with Crippen LogP contribution in [0.15, 0.2) is 42.5 Å². The van der Waals surface area contributed by atoms with Crippen molar-refractivity contribution in [3.05, 3.63) is 53.6 Å². The van der Waals surface area contributed by atoms with E-state index < -0.39 is 0 Å². The summed E-state index contributed by atoms with van der Waals surface area (Å²) < 4.78 is 10.7. The second kappa shape index (κ2) is 9.45. The lowest BCUT2D eigenvalue weighted by Crippen LogP contribution is -2.41. The van der Waals surface area contributed by atoms with Crippen LogP contribution < -0.4 is 14.8 Å². The van der Waals surface area contributed by atoms with Gasteiger partial charge in [0.25, 0.3) is 5.91 Å². The zero-order valence-electron chi connectivity index (χ0n) is 17.2. The number of amides is 2. The molecular weight excluding hydrogens is 368 g/mol. The number of hydrogen-bond donors (Lipinski definition) is 1. The molecule has 6 heteroatoms. The first kappa shape index (κ1) is 20.7. The monoisotopic (exact) mass is 396 g/mol. The fraction of sp³-hybridized carbons (Fsp3) is 0.391. The zero-order valence-corrected chi connectivity index (χ0v) is 17.2. The summed E-state index contributed by atoms with van der Waals surface area (Å²) in [5.41, 5.74) is 2.42. The van der Waals surface area contributed by atoms with Crippen LogP contribution in [0, 0.1) is 5.92 Å². The highest BCUT2D eigenvalue weighted by Gasteiger charge is 2.30. The van der Waals surface area contributed by atoms with E-state index in [4.69, 9.17) is 9.47 Å². The van der Waals surface area contributed by atoms with Crippen LogP contribution in [-0.2, 0) is 11.2 Å². The van der Waals surface area contributed by atoms with E-state index in [-0.39, 0.29) is 17.7 Å². The Morgan fingerprint density at radius 2 is 1.62 bits per heavy atom. The van der Waals surface area contributed by atoms with Crippen LogP contribution in [0.2, 0.25) is 0 Å². The Bertz CT molecular complexity index is 851. The third-order valence-corrected chi connectivity index (χ3v) is 5.45. The van der Waals surface area contributed by atoms with Gasteiger partial charge in [0.1, 0.15) is 17.1 Å². The Kier molecular flexibility index (Phi) is 6.75. The summed E-state index contributed by atoms with van der Waals surface area (Å²) in [5.74, 6) is 0.765. The van der Waals surface area contributed by atoms with Crippen LogP contribution in [0.3, 0.4) is 0 Å². The Balaban J connectivity index is 1.65. The molecule has 0 radical (unpaired) electrons. The third-order valence-electron chi connectivity index (χ3n) is 5.45. The highest BCUT2D eigenvalue weighted by Crippen LogP contribution is 2.31. The van der Waals surface area contributed by atoms with Gasteiger partial charge in [-0.15, -0.1) is 0 Å². The van der Waals surface area contributed by atoms with E-state index in [0.29, 0.717) is 43.0 Å². The summed E-state index contributed by atoms with van der Waals surface area (Å²) in [4.78, 5) is 27.6. The van der Waals surface area contributed by atoms with Crippen LogP contribution in [0.1, 0.15) is 35.7 Å². The Morgan fingerprint density at radius 3 is 2.21 bits per heavy atom. The first-order chi connectivity index (χ1) is 14.1. The van der Waals surface area contributed by atoms with E-state index in [2.05, 4.69) is 12.2 Å². The predicted molar refractivity (Wildman–Crippen MR) is 113 cm³/mol. The highest BCUT2D eigenvalue weighted by molar-refractivity contribution is 6.00. The maximum absolute atomic E-state index is 13.1. The van der Waals surface area contributed by atoms with Crippen LogP contribution in [0.4, 0.5) is 5.69 Å². The molecule has 6 nitrogen and oxygen atoms in total. The first-order valence-corrected chi connectivity index (χ1v) is 9.98. The number of nitrogens with zero attached hydrogens (tertiary/aromatic N) is 1. The summed E-state index contributed by atoms with van der Waals surface area (Å²) in [6.45, 7) is 3.11. The van der Waals surface area contributed by atoms with E-state index in [9.17, 15) is 9.59 Å². The molecule has 0 spiro atoms. The molecule has 2 aromatic rings. The summed E-state index contributed by atoms with van der Waals surface area (Å²) in [6.07, 6.45) is 2.12. The number of methoxy groups -OCH3 is 2. The summed E-state index contributed by atoms with van der Waals surface area (Å²) in [7, 11) is 3.08. The van der Waals surface area contributed by atoms with Crippen molar-refractivity contribution < 1.29 is 19.1 Å². The van der Waals surface area contributed by atoms with Crippen molar-refractivity contribution in [1.82, 2.24) is 4.90 Å². The zero-order chi connectivity index (χ0) is 20.8. The van der Waals surface area contributed by atoms with Crippen LogP contribution >= 0.6 is 0 Å². The highest BCUT2D eigenvalue weighted by atomic mass is 16.5. The number of carbonyl (C=O) groups is 2. The maximum Gasteiger partial charge on any atom is 0.261 e. The summed E-state index contributed by atoms with van der Waals surface area (Å²) in [5, 5.41) is 3.06. The van der Waals surface area contributed by atoms with Gasteiger partial charge < -0.3 is 19.7 Å². The Labute approximate surface area is 171 Å². The number of rotatable bonds is 6. The molecule has 0 bridgehead atoms. The quantitative estimate of drug-likeness (QED) is 0.807. The van der Waals surface area contributed by atoms with Gasteiger partial charge in [0, 0.05) is 24.7 Å². The van der Waals surface area contributed by atoms with Crippen molar-refractivity contribution in [1.29, 1.82) is 0 Å². The predicted octanol–water partition coefficient (Wildman–Crippen LogP) is 3.76. The number of hydrogen-bond acceptors (Lipinski definition) is 4. The summed E-state index contributed by atoms with van der Waals surface area (Å²) >= 11 is 0. The van der Waals surface area contributed by atoms with Gasteiger partial charge in [-0.1, -0.05) is 31.2 Å². The molecular formula is C23H28N2O4. The smallest absolute Gasteiger partial charge is 0.261 e. The van der Waals surface area contributed by atoms with Crippen molar-refractivity contribution in [3.8, 4) is 11.5 Å². The number of piperidine rings is 1. The fourth-order valence-electron chi connectivity index (χ4n) is 3.75. The largest absolute Gasteiger partial charge is 0.496 e. The minimum Gasteiger partial charge on any atom is -0.496 e. The molecule has 154 valence electrons. The molecule has 1 heterocycles. The van der Waals surface area contributed by atoms with E-state index in [1.165, 1.54) is 14.2 Å². The Morgan fingerprint density at radius 1 is 1.00 bits per heavy atom. The Hall–Kier alpha value is -3.02. The fourth-order valence-corrected chi connectivity index (χ4v) is 3.75. The van der Waals surface area contributed by atoms with Crippen molar-refractivity contribution >= 4 is 17.5 Å². The van der Waals surface area contributed by atoms with Crippen molar-refractivity contribution in [2.45, 2.75) is 26.2 Å². The minimum absolute atomic E-state index is 0.0212. The standard InChI is InChI=1S/C23H28N2O4/c1-4-16-8-5-6-9-18(16)24-22(26)17-12-14-25(15-13-17)23(27)21-19(28-2)10-7-11-20(21)29-3/h5-11,17H,4,12-15H2,1-3H3,(H,24,26). The molecule has 29 heavy (non-hydrogen) atoms. The molecule has 0 atom stereocenters. The molecule has 3 rings (SSSR count). The third kappa shape index (κ3) is 4.53. The van der Waals surface area contributed by atoms with Gasteiger partial charge in [-0.2, -0.15) is 0 Å². The molecule has 1 saturated heterocycles. The van der Waals surface area contributed by atoms with Gasteiger partial charge >= 0.3 is 0 Å². The van der Waals surface area contributed by atoms with Crippen LogP contribution in [0.25, 0.3) is 0 Å². The van der Waals surface area contributed by atoms with Gasteiger partial charge in [-0.25, -0.2) is 0 Å². The number of anilines is 1. The lowest BCUT2D eigenvalue weighted by Gasteiger charge is -2.32. The molecule has 0 aliphatic carbocycles. The van der Waals surface area contributed by atoms with Crippen molar-refractivity contribution in [2.75, 3.05) is 32.6 Å². The molecule has 1 aliphatic heterocycles. The van der Waals surface area contributed by atoms with Crippen LogP contribution in [-0.4, -0.2) is 44.0 Å². The molecule has 1 fully saturated rings. The number of ether oxygens (including phenoxy) is 2. The normalized spacial score (nSPS) is 14.4. The van der Waals surface area contributed by atoms with Gasteiger partial charge in [0.2, 0.25) is 5.91 Å². The summed E-state index contributed by atoms with van der Waals surface area (Å²) in [6, 6.07) is 13.2. The van der Waals surface area contributed by atoms with Gasteiger partial charge in [-0.05, 0) is 43.0 Å². The number of benzene rings is 2. The van der Waals surface area contributed by atoms with E-state index in [1.807, 2.05) is 24.3 Å². The minimum atomic E-state index is -0.130. The van der Waals surface area contributed by atoms with Gasteiger partial charge in [-0.3, -0.25) is 9.59 Å². The van der Waals surface area contributed by atoms with Gasteiger partial charge in [0.15, 0.2) is 0 Å². The van der Waals surface area contributed by atoms with Crippen molar-refractivity contribution in [2.24, 2.45) is 5.92 Å². The average molecular weight is 396 g/mol. The lowest BCUT2D eigenvalue weighted by molar-refractivity contribution is -0.121. The van der Waals surface area contributed by atoms with Gasteiger partial charge in [0.05, 0.1) is 14.2 Å².